The molecule has 0 spiro atoms. The predicted molar refractivity (Wildman–Crippen MR) is 96.9 cm³/mol. The van der Waals surface area contributed by atoms with Gasteiger partial charge in [-0.3, -0.25) is 0 Å². The van der Waals surface area contributed by atoms with Crippen molar-refractivity contribution in [3.05, 3.63) is 36.4 Å². The Labute approximate surface area is 139 Å². The van der Waals surface area contributed by atoms with Gasteiger partial charge in [0.15, 0.2) is 0 Å². The minimum absolute atomic E-state index is 0.320. The van der Waals surface area contributed by atoms with Crippen molar-refractivity contribution in [2.75, 3.05) is 18.8 Å². The Hall–Kier alpha value is -1.59. The average molecular weight is 334 g/mol. The fourth-order valence-corrected chi connectivity index (χ4v) is 4.44. The molecular weight excluding hydrogens is 308 g/mol. The molecule has 2 N–H and O–H groups in total. The van der Waals surface area contributed by atoms with E-state index in [4.69, 9.17) is 5.73 Å². The van der Waals surface area contributed by atoms with Gasteiger partial charge in [0.05, 0.1) is 4.90 Å². The highest BCUT2D eigenvalue weighted by Crippen LogP contribution is 2.29. The lowest BCUT2D eigenvalue weighted by Gasteiger charge is -2.23. The lowest BCUT2D eigenvalue weighted by atomic mass is 10.1. The van der Waals surface area contributed by atoms with E-state index in [1.54, 1.807) is 10.4 Å². The number of nitrogens with zero attached hydrogens (tertiary/aromatic N) is 1. The van der Waals surface area contributed by atoms with Crippen LogP contribution in [0.3, 0.4) is 0 Å². The molecular formula is C18H26N2O2S. The standard InChI is InChI=1S/C18H26N2O2S/c1-3-5-11-20(12-6-4-2)23(21,22)18-14-16(19)13-15-9-7-8-10-17(15)18/h7-10,13-14H,3-6,11-12,19H2,1-2H3. The molecule has 0 saturated heterocycles. The maximum absolute atomic E-state index is 13.2. The van der Waals surface area contributed by atoms with Crippen LogP contribution in [0, 0.1) is 0 Å². The van der Waals surface area contributed by atoms with Crippen LogP contribution < -0.4 is 5.73 Å². The second kappa shape index (κ2) is 7.79. The van der Waals surface area contributed by atoms with Crippen molar-refractivity contribution in [2.45, 2.75) is 44.4 Å². The molecule has 0 saturated carbocycles. The maximum Gasteiger partial charge on any atom is 0.243 e. The van der Waals surface area contributed by atoms with Gasteiger partial charge in [-0.05, 0) is 30.4 Å². The average Bonchev–Trinajstić information content (AvgIpc) is 2.53. The van der Waals surface area contributed by atoms with Crippen LogP contribution >= 0.6 is 0 Å². The van der Waals surface area contributed by atoms with Gasteiger partial charge in [0.1, 0.15) is 0 Å². The second-order valence-corrected chi connectivity index (χ2v) is 7.76. The van der Waals surface area contributed by atoms with E-state index in [1.165, 1.54) is 0 Å². The number of nitrogens with two attached hydrogens (primary N) is 1. The molecule has 0 heterocycles. The summed E-state index contributed by atoms with van der Waals surface area (Å²) < 4.78 is 28.0. The molecule has 0 fully saturated rings. The molecule has 0 amide bonds. The Morgan fingerprint density at radius 1 is 1.00 bits per heavy atom. The van der Waals surface area contributed by atoms with Crippen molar-refractivity contribution >= 4 is 26.5 Å². The van der Waals surface area contributed by atoms with E-state index < -0.39 is 10.0 Å². The molecule has 0 aliphatic rings. The van der Waals surface area contributed by atoms with E-state index in [0.717, 1.165) is 36.5 Å². The topological polar surface area (TPSA) is 63.4 Å². The molecule has 0 bridgehead atoms. The first-order chi connectivity index (χ1) is 11.0. The summed E-state index contributed by atoms with van der Waals surface area (Å²) in [6.07, 6.45) is 3.66. The fourth-order valence-electron chi connectivity index (χ4n) is 2.67. The number of hydrogen-bond acceptors (Lipinski definition) is 3. The quantitative estimate of drug-likeness (QED) is 0.742. The van der Waals surface area contributed by atoms with Crippen LogP contribution in [0.4, 0.5) is 5.69 Å². The summed E-state index contributed by atoms with van der Waals surface area (Å²) in [5.41, 5.74) is 6.42. The zero-order valence-electron chi connectivity index (χ0n) is 14.0. The summed E-state index contributed by atoms with van der Waals surface area (Å²) in [7, 11) is -3.54. The summed E-state index contributed by atoms with van der Waals surface area (Å²) in [4.78, 5) is 0.320. The highest BCUT2D eigenvalue weighted by atomic mass is 32.2. The summed E-state index contributed by atoms with van der Waals surface area (Å²) in [6, 6.07) is 10.9. The van der Waals surface area contributed by atoms with Gasteiger partial charge in [-0.15, -0.1) is 0 Å². The number of nitrogen functional groups attached to an aromatic ring is 1. The van der Waals surface area contributed by atoms with Crippen molar-refractivity contribution in [1.29, 1.82) is 0 Å². The molecule has 0 aliphatic heterocycles. The van der Waals surface area contributed by atoms with Crippen molar-refractivity contribution < 1.29 is 8.42 Å². The first kappa shape index (κ1) is 17.8. The normalized spacial score (nSPS) is 12.1. The summed E-state index contributed by atoms with van der Waals surface area (Å²) in [5, 5.41) is 1.59. The molecule has 5 heteroatoms. The van der Waals surface area contributed by atoms with Crippen LogP contribution in [0.25, 0.3) is 10.8 Å². The SMILES string of the molecule is CCCCN(CCCC)S(=O)(=O)c1cc(N)cc2ccccc12. The van der Waals surface area contributed by atoms with Crippen LogP contribution in [-0.2, 0) is 10.0 Å². The lowest BCUT2D eigenvalue weighted by molar-refractivity contribution is 0.396. The first-order valence-electron chi connectivity index (χ1n) is 8.29. The first-order valence-corrected chi connectivity index (χ1v) is 9.73. The highest BCUT2D eigenvalue weighted by molar-refractivity contribution is 7.89. The monoisotopic (exact) mass is 334 g/mol. The van der Waals surface area contributed by atoms with Gasteiger partial charge in [0.2, 0.25) is 10.0 Å². The van der Waals surface area contributed by atoms with E-state index >= 15 is 0 Å². The Morgan fingerprint density at radius 3 is 2.22 bits per heavy atom. The molecule has 0 aromatic heterocycles. The van der Waals surface area contributed by atoms with Gasteiger partial charge in [0, 0.05) is 24.2 Å². The third kappa shape index (κ3) is 4.03. The van der Waals surface area contributed by atoms with Crippen molar-refractivity contribution in [2.24, 2.45) is 0 Å². The molecule has 0 aliphatic carbocycles. The zero-order valence-corrected chi connectivity index (χ0v) is 14.8. The number of hydrogen-bond donors (Lipinski definition) is 1. The Balaban J connectivity index is 2.51. The third-order valence-electron chi connectivity index (χ3n) is 3.99. The van der Waals surface area contributed by atoms with E-state index in [-0.39, 0.29) is 0 Å². The number of rotatable bonds is 8. The van der Waals surface area contributed by atoms with E-state index in [9.17, 15) is 8.42 Å². The number of unbranched alkanes of at least 4 members (excludes halogenated alkanes) is 2. The fraction of sp³-hybridized carbons (Fsp3) is 0.444. The van der Waals surface area contributed by atoms with Crippen molar-refractivity contribution in [1.82, 2.24) is 4.31 Å². The highest BCUT2D eigenvalue weighted by Gasteiger charge is 2.25. The molecule has 2 aromatic carbocycles. The van der Waals surface area contributed by atoms with Gasteiger partial charge in [-0.25, -0.2) is 8.42 Å². The van der Waals surface area contributed by atoms with Gasteiger partial charge in [-0.1, -0.05) is 51.0 Å². The van der Waals surface area contributed by atoms with E-state index in [2.05, 4.69) is 13.8 Å². The lowest BCUT2D eigenvalue weighted by Crippen LogP contribution is -2.33. The minimum Gasteiger partial charge on any atom is -0.399 e. The third-order valence-corrected chi connectivity index (χ3v) is 5.92. The summed E-state index contributed by atoms with van der Waals surface area (Å²) in [6.45, 7) is 5.25. The summed E-state index contributed by atoms with van der Waals surface area (Å²) in [5.74, 6) is 0. The number of fused-ring (bicyclic) bond motifs is 1. The van der Waals surface area contributed by atoms with Crippen LogP contribution in [0.1, 0.15) is 39.5 Å². The Bertz CT molecular complexity index is 749. The van der Waals surface area contributed by atoms with Gasteiger partial charge in [0.25, 0.3) is 0 Å². The van der Waals surface area contributed by atoms with E-state index in [0.29, 0.717) is 23.7 Å². The van der Waals surface area contributed by atoms with Gasteiger partial charge >= 0.3 is 0 Å². The molecule has 0 radical (unpaired) electrons. The number of anilines is 1. The predicted octanol–water partition coefficient (Wildman–Crippen LogP) is 4.01. The van der Waals surface area contributed by atoms with Crippen molar-refractivity contribution in [3.8, 4) is 0 Å². The van der Waals surface area contributed by atoms with Crippen LogP contribution in [0.15, 0.2) is 41.3 Å². The van der Waals surface area contributed by atoms with Crippen LogP contribution in [0.5, 0.6) is 0 Å². The minimum atomic E-state index is -3.54. The molecule has 4 nitrogen and oxygen atoms in total. The molecule has 2 aromatic rings. The van der Waals surface area contributed by atoms with Gasteiger partial charge in [-0.2, -0.15) is 4.31 Å². The molecule has 23 heavy (non-hydrogen) atoms. The van der Waals surface area contributed by atoms with E-state index in [1.807, 2.05) is 30.3 Å². The molecule has 126 valence electrons. The maximum atomic E-state index is 13.2. The van der Waals surface area contributed by atoms with Crippen LogP contribution in [-0.4, -0.2) is 25.8 Å². The Morgan fingerprint density at radius 2 is 1.61 bits per heavy atom. The summed E-state index contributed by atoms with van der Waals surface area (Å²) >= 11 is 0. The molecule has 2 rings (SSSR count). The molecule has 0 unspecified atom stereocenters. The largest absolute Gasteiger partial charge is 0.399 e. The van der Waals surface area contributed by atoms with Crippen molar-refractivity contribution in [3.63, 3.8) is 0 Å². The molecule has 0 atom stereocenters. The van der Waals surface area contributed by atoms with Crippen LogP contribution in [0.2, 0.25) is 0 Å². The second-order valence-electron chi connectivity index (χ2n) is 5.85. The number of benzene rings is 2. The smallest absolute Gasteiger partial charge is 0.243 e. The Kier molecular flexibility index (Phi) is 6.02. The number of sulfonamides is 1. The van der Waals surface area contributed by atoms with Gasteiger partial charge < -0.3 is 5.73 Å². The zero-order chi connectivity index (χ0) is 16.9.